The van der Waals surface area contributed by atoms with Gasteiger partial charge < -0.3 is 15.5 Å². The van der Waals surface area contributed by atoms with Crippen LogP contribution in [0.15, 0.2) is 0 Å². The molecule has 0 aromatic carbocycles. The van der Waals surface area contributed by atoms with Gasteiger partial charge in [-0.15, -0.1) is 0 Å². The topological polar surface area (TPSA) is 44.4 Å². The fourth-order valence-electron chi connectivity index (χ4n) is 2.94. The normalized spacial score (nSPS) is 27.4. The molecule has 0 aromatic rings. The summed E-state index contributed by atoms with van der Waals surface area (Å²) in [7, 11) is 0. The van der Waals surface area contributed by atoms with Crippen LogP contribution in [0.3, 0.4) is 0 Å². The third kappa shape index (κ3) is 3.69. The van der Waals surface area contributed by atoms with Crippen molar-refractivity contribution >= 4 is 5.91 Å². The number of carbonyl (C=O) groups is 1. The molecule has 1 unspecified atom stereocenters. The highest BCUT2D eigenvalue weighted by molar-refractivity contribution is 5.82. The van der Waals surface area contributed by atoms with Gasteiger partial charge in [-0.1, -0.05) is 6.42 Å². The average Bonchev–Trinajstić information content (AvgIpc) is 2.40. The Morgan fingerprint density at radius 1 is 1.22 bits per heavy atom. The molecule has 4 heteroatoms. The monoisotopic (exact) mass is 253 g/mol. The lowest BCUT2D eigenvalue weighted by Gasteiger charge is -2.35. The van der Waals surface area contributed by atoms with Crippen molar-refractivity contribution in [3.63, 3.8) is 0 Å². The molecule has 2 aliphatic rings. The summed E-state index contributed by atoms with van der Waals surface area (Å²) in [5.74, 6) is 0.220. The van der Waals surface area contributed by atoms with Gasteiger partial charge in [0.05, 0.1) is 6.04 Å². The maximum Gasteiger partial charge on any atom is 0.237 e. The molecule has 2 fully saturated rings. The molecule has 2 N–H and O–H groups in total. The summed E-state index contributed by atoms with van der Waals surface area (Å²) in [5.41, 5.74) is 0. The highest BCUT2D eigenvalue weighted by Crippen LogP contribution is 2.14. The Balaban J connectivity index is 1.72. The largest absolute Gasteiger partial charge is 0.352 e. The molecule has 2 aliphatic heterocycles. The Bertz CT molecular complexity index is 266. The maximum absolute atomic E-state index is 12.1. The molecule has 0 bridgehead atoms. The zero-order valence-electron chi connectivity index (χ0n) is 11.7. The van der Waals surface area contributed by atoms with Crippen LogP contribution in [0.25, 0.3) is 0 Å². The molecular weight excluding hydrogens is 226 g/mol. The number of rotatable bonds is 3. The lowest BCUT2D eigenvalue weighted by molar-refractivity contribution is -0.124. The molecule has 104 valence electrons. The zero-order valence-corrected chi connectivity index (χ0v) is 11.7. The van der Waals surface area contributed by atoms with Crippen LogP contribution in [0, 0.1) is 0 Å². The molecule has 0 saturated carbocycles. The summed E-state index contributed by atoms with van der Waals surface area (Å²) in [6, 6.07) is 1.07. The van der Waals surface area contributed by atoms with Crippen LogP contribution in [0.5, 0.6) is 0 Å². The van der Waals surface area contributed by atoms with Crippen molar-refractivity contribution in [2.24, 2.45) is 0 Å². The second-order valence-corrected chi connectivity index (χ2v) is 5.92. The molecule has 0 spiro atoms. The second-order valence-electron chi connectivity index (χ2n) is 5.92. The molecule has 1 atom stereocenters. The van der Waals surface area contributed by atoms with E-state index in [0.29, 0.717) is 12.1 Å². The number of piperidine rings is 2. The predicted molar refractivity (Wildman–Crippen MR) is 73.5 cm³/mol. The third-order valence-electron chi connectivity index (χ3n) is 4.23. The van der Waals surface area contributed by atoms with Crippen LogP contribution >= 0.6 is 0 Å². The quantitative estimate of drug-likeness (QED) is 0.792. The lowest BCUT2D eigenvalue weighted by atomic mass is 10.0. The third-order valence-corrected chi connectivity index (χ3v) is 4.23. The Labute approximate surface area is 110 Å². The first-order valence-electron chi connectivity index (χ1n) is 7.44. The standard InChI is InChI=1S/C14H27N3O/c1-11(2)17-9-6-12(7-10-17)16-14(18)13-5-3-4-8-15-13/h11-13,15H,3-10H2,1-2H3,(H,16,18). The molecule has 0 radical (unpaired) electrons. The van der Waals surface area contributed by atoms with Crippen LogP contribution in [0.4, 0.5) is 0 Å². The van der Waals surface area contributed by atoms with Crippen LogP contribution in [-0.2, 0) is 4.79 Å². The highest BCUT2D eigenvalue weighted by Gasteiger charge is 2.26. The molecule has 1 amide bonds. The number of amides is 1. The first kappa shape index (κ1) is 13.8. The van der Waals surface area contributed by atoms with E-state index in [0.717, 1.165) is 38.9 Å². The van der Waals surface area contributed by atoms with Gasteiger partial charge in [0.2, 0.25) is 5.91 Å². The minimum absolute atomic E-state index is 0.0573. The minimum atomic E-state index is 0.0573. The first-order chi connectivity index (χ1) is 8.66. The highest BCUT2D eigenvalue weighted by atomic mass is 16.2. The van der Waals surface area contributed by atoms with Crippen molar-refractivity contribution in [1.29, 1.82) is 0 Å². The van der Waals surface area contributed by atoms with Gasteiger partial charge >= 0.3 is 0 Å². The molecule has 2 rings (SSSR count). The van der Waals surface area contributed by atoms with E-state index < -0.39 is 0 Å². The van der Waals surface area contributed by atoms with Gasteiger partial charge in [-0.2, -0.15) is 0 Å². The Kier molecular flexibility index (Phi) is 5.01. The summed E-state index contributed by atoms with van der Waals surface area (Å²) >= 11 is 0. The number of hydrogen-bond donors (Lipinski definition) is 2. The van der Waals surface area contributed by atoms with E-state index in [-0.39, 0.29) is 11.9 Å². The number of nitrogens with one attached hydrogen (secondary N) is 2. The number of likely N-dealkylation sites (tertiary alicyclic amines) is 1. The fourth-order valence-corrected chi connectivity index (χ4v) is 2.94. The summed E-state index contributed by atoms with van der Waals surface area (Å²) in [5, 5.41) is 6.53. The van der Waals surface area contributed by atoms with E-state index in [1.165, 1.54) is 12.8 Å². The van der Waals surface area contributed by atoms with Gasteiger partial charge in [0.25, 0.3) is 0 Å². The van der Waals surface area contributed by atoms with Crippen molar-refractivity contribution in [2.75, 3.05) is 19.6 Å². The molecule has 0 aliphatic carbocycles. The van der Waals surface area contributed by atoms with Gasteiger partial charge in [-0.05, 0) is 46.1 Å². The van der Waals surface area contributed by atoms with Crippen LogP contribution in [-0.4, -0.2) is 48.6 Å². The van der Waals surface area contributed by atoms with E-state index in [1.54, 1.807) is 0 Å². The average molecular weight is 253 g/mol. The molecule has 0 aromatic heterocycles. The van der Waals surface area contributed by atoms with Crippen LogP contribution in [0.2, 0.25) is 0 Å². The molecular formula is C14H27N3O. The number of carbonyl (C=O) groups excluding carboxylic acids is 1. The van der Waals surface area contributed by atoms with Crippen LogP contribution in [0.1, 0.15) is 46.0 Å². The second kappa shape index (κ2) is 6.53. The molecule has 18 heavy (non-hydrogen) atoms. The van der Waals surface area contributed by atoms with Crippen molar-refractivity contribution in [3.05, 3.63) is 0 Å². The fraction of sp³-hybridized carbons (Fsp3) is 0.929. The lowest BCUT2D eigenvalue weighted by Crippen LogP contribution is -2.52. The van der Waals surface area contributed by atoms with Crippen molar-refractivity contribution in [1.82, 2.24) is 15.5 Å². The van der Waals surface area contributed by atoms with Gasteiger partial charge in [0.15, 0.2) is 0 Å². The minimum Gasteiger partial charge on any atom is -0.352 e. The Morgan fingerprint density at radius 2 is 1.94 bits per heavy atom. The summed E-state index contributed by atoms with van der Waals surface area (Å²) in [6.45, 7) is 7.70. The van der Waals surface area contributed by atoms with Gasteiger partial charge in [0, 0.05) is 25.2 Å². The molecule has 2 heterocycles. The van der Waals surface area contributed by atoms with E-state index in [4.69, 9.17) is 0 Å². The Hall–Kier alpha value is -0.610. The van der Waals surface area contributed by atoms with E-state index in [2.05, 4.69) is 29.4 Å². The van der Waals surface area contributed by atoms with E-state index in [9.17, 15) is 4.79 Å². The summed E-state index contributed by atoms with van der Waals surface area (Å²) < 4.78 is 0. The zero-order chi connectivity index (χ0) is 13.0. The first-order valence-corrected chi connectivity index (χ1v) is 7.44. The van der Waals surface area contributed by atoms with Gasteiger partial charge in [-0.25, -0.2) is 0 Å². The van der Waals surface area contributed by atoms with E-state index in [1.807, 2.05) is 0 Å². The molecule has 4 nitrogen and oxygen atoms in total. The summed E-state index contributed by atoms with van der Waals surface area (Å²) in [6.07, 6.45) is 5.57. The van der Waals surface area contributed by atoms with Gasteiger partial charge in [0.1, 0.15) is 0 Å². The SMILES string of the molecule is CC(C)N1CCC(NC(=O)C2CCCCN2)CC1. The Morgan fingerprint density at radius 3 is 2.50 bits per heavy atom. The van der Waals surface area contributed by atoms with Gasteiger partial charge in [-0.3, -0.25) is 4.79 Å². The van der Waals surface area contributed by atoms with Crippen molar-refractivity contribution in [2.45, 2.75) is 64.1 Å². The van der Waals surface area contributed by atoms with Crippen molar-refractivity contribution < 1.29 is 4.79 Å². The predicted octanol–water partition coefficient (Wildman–Crippen LogP) is 1.12. The molecule has 2 saturated heterocycles. The summed E-state index contributed by atoms with van der Waals surface area (Å²) in [4.78, 5) is 14.6. The van der Waals surface area contributed by atoms with Crippen LogP contribution < -0.4 is 10.6 Å². The smallest absolute Gasteiger partial charge is 0.237 e. The number of nitrogens with zero attached hydrogens (tertiary/aromatic N) is 1. The van der Waals surface area contributed by atoms with E-state index >= 15 is 0 Å². The number of hydrogen-bond acceptors (Lipinski definition) is 3. The maximum atomic E-state index is 12.1. The van der Waals surface area contributed by atoms with Crippen molar-refractivity contribution in [3.8, 4) is 0 Å².